The van der Waals surface area contributed by atoms with Gasteiger partial charge in [0.1, 0.15) is 5.76 Å². The van der Waals surface area contributed by atoms with Crippen LogP contribution in [0.15, 0.2) is 65.5 Å². The highest BCUT2D eigenvalue weighted by Crippen LogP contribution is 2.33. The van der Waals surface area contributed by atoms with E-state index in [1.54, 1.807) is 30.6 Å². The molecule has 0 fully saturated rings. The van der Waals surface area contributed by atoms with Crippen LogP contribution in [0.1, 0.15) is 22.2 Å². The van der Waals surface area contributed by atoms with Gasteiger partial charge in [-0.15, -0.1) is 0 Å². The van der Waals surface area contributed by atoms with Crippen LogP contribution in [0, 0.1) is 0 Å². The second-order valence-corrected chi connectivity index (χ2v) is 4.96. The van der Waals surface area contributed by atoms with Gasteiger partial charge >= 0.3 is 6.18 Å². The third kappa shape index (κ3) is 3.32. The monoisotopic (exact) mass is 335 g/mol. The number of halogens is 3. The average molecular weight is 335 g/mol. The van der Waals surface area contributed by atoms with E-state index in [1.165, 1.54) is 28.9 Å². The Hall–Kier alpha value is -3.03. The summed E-state index contributed by atoms with van der Waals surface area (Å²) in [6.45, 7) is 0. The first kappa shape index (κ1) is 15.9. The Morgan fingerprint density at radius 1 is 1.21 bits per heavy atom. The molecule has 1 aromatic carbocycles. The average Bonchev–Trinajstić information content (AvgIpc) is 3.24. The standard InChI is InChI=1S/C16H12F3N3O2/c17-16(18,19)14(13-6-2-9-24-13)21-15(23)11-4-1-5-12(10-11)22-8-3-7-20-22/h1-10,14H,(H,21,23). The van der Waals surface area contributed by atoms with Crippen molar-refractivity contribution < 1.29 is 22.4 Å². The topological polar surface area (TPSA) is 60.1 Å². The number of furan rings is 1. The fourth-order valence-electron chi connectivity index (χ4n) is 2.20. The molecule has 3 rings (SSSR count). The van der Waals surface area contributed by atoms with Crippen LogP contribution in [-0.2, 0) is 0 Å². The van der Waals surface area contributed by atoms with Crippen molar-refractivity contribution in [1.29, 1.82) is 0 Å². The maximum Gasteiger partial charge on any atom is 0.415 e. The summed E-state index contributed by atoms with van der Waals surface area (Å²) in [4.78, 5) is 12.2. The number of amides is 1. The van der Waals surface area contributed by atoms with Gasteiger partial charge in [-0.3, -0.25) is 4.79 Å². The molecule has 2 aromatic heterocycles. The van der Waals surface area contributed by atoms with Crippen LogP contribution in [0.25, 0.3) is 5.69 Å². The summed E-state index contributed by atoms with van der Waals surface area (Å²) in [6.07, 6.45) is -0.326. The fraction of sp³-hybridized carbons (Fsp3) is 0.125. The van der Waals surface area contributed by atoms with E-state index in [-0.39, 0.29) is 11.3 Å². The van der Waals surface area contributed by atoms with E-state index < -0.39 is 18.1 Å². The molecule has 0 aliphatic heterocycles. The number of rotatable bonds is 4. The molecule has 1 atom stereocenters. The first-order valence-electron chi connectivity index (χ1n) is 6.96. The molecule has 3 aromatic rings. The molecule has 2 heterocycles. The number of alkyl halides is 3. The third-order valence-electron chi connectivity index (χ3n) is 3.31. The van der Waals surface area contributed by atoms with E-state index in [0.717, 1.165) is 6.26 Å². The van der Waals surface area contributed by atoms with E-state index in [0.29, 0.717) is 5.69 Å². The van der Waals surface area contributed by atoms with E-state index in [2.05, 4.69) is 5.10 Å². The minimum absolute atomic E-state index is 0.0869. The van der Waals surface area contributed by atoms with Gasteiger partial charge in [-0.05, 0) is 36.4 Å². The number of aromatic nitrogens is 2. The first-order valence-corrected chi connectivity index (χ1v) is 6.96. The molecule has 124 valence electrons. The predicted octanol–water partition coefficient (Wildman–Crippen LogP) is 3.50. The molecule has 1 amide bonds. The van der Waals surface area contributed by atoms with Crippen molar-refractivity contribution in [3.8, 4) is 5.69 Å². The number of nitrogens with one attached hydrogen (secondary N) is 1. The summed E-state index contributed by atoms with van der Waals surface area (Å²) < 4.78 is 45.8. The lowest BCUT2D eigenvalue weighted by molar-refractivity contribution is -0.158. The first-order chi connectivity index (χ1) is 11.4. The van der Waals surface area contributed by atoms with E-state index in [1.807, 2.05) is 5.32 Å². The minimum atomic E-state index is -4.67. The Kier molecular flexibility index (Phi) is 4.11. The maximum atomic E-state index is 13.2. The van der Waals surface area contributed by atoms with Gasteiger partial charge < -0.3 is 9.73 Å². The molecule has 5 nitrogen and oxygen atoms in total. The Morgan fingerprint density at radius 2 is 2.04 bits per heavy atom. The summed E-state index contributed by atoms with van der Waals surface area (Å²) in [6, 6.07) is 8.13. The fourth-order valence-corrected chi connectivity index (χ4v) is 2.20. The number of hydrogen-bond donors (Lipinski definition) is 1. The van der Waals surface area contributed by atoms with E-state index in [4.69, 9.17) is 4.42 Å². The van der Waals surface area contributed by atoms with Gasteiger partial charge in [0.15, 0.2) is 6.04 Å². The van der Waals surface area contributed by atoms with E-state index in [9.17, 15) is 18.0 Å². The van der Waals surface area contributed by atoms with Crippen molar-refractivity contribution in [2.24, 2.45) is 0 Å². The molecule has 0 spiro atoms. The van der Waals surface area contributed by atoms with Gasteiger partial charge in [-0.2, -0.15) is 18.3 Å². The lowest BCUT2D eigenvalue weighted by atomic mass is 10.1. The summed E-state index contributed by atoms with van der Waals surface area (Å²) >= 11 is 0. The van der Waals surface area contributed by atoms with Gasteiger partial charge in [0, 0.05) is 18.0 Å². The summed E-state index contributed by atoms with van der Waals surface area (Å²) in [5.74, 6) is -1.23. The third-order valence-corrected chi connectivity index (χ3v) is 3.31. The minimum Gasteiger partial charge on any atom is -0.467 e. The van der Waals surface area contributed by atoms with Crippen molar-refractivity contribution >= 4 is 5.91 Å². The molecule has 1 unspecified atom stereocenters. The molecule has 0 aliphatic carbocycles. The highest BCUT2D eigenvalue weighted by Gasteiger charge is 2.43. The van der Waals surface area contributed by atoms with Crippen LogP contribution < -0.4 is 5.32 Å². The lowest BCUT2D eigenvalue weighted by Gasteiger charge is -2.19. The predicted molar refractivity (Wildman–Crippen MR) is 78.5 cm³/mol. The zero-order chi connectivity index (χ0) is 17.2. The normalized spacial score (nSPS) is 12.8. The van der Waals surface area contributed by atoms with Gasteiger partial charge in [-0.1, -0.05) is 6.07 Å². The van der Waals surface area contributed by atoms with Crippen molar-refractivity contribution in [3.05, 3.63) is 72.4 Å². The Labute approximate surface area is 134 Å². The molecular weight excluding hydrogens is 323 g/mol. The summed E-state index contributed by atoms with van der Waals surface area (Å²) in [5, 5.41) is 5.98. The number of benzene rings is 1. The van der Waals surface area contributed by atoms with Crippen LogP contribution in [0.5, 0.6) is 0 Å². The van der Waals surface area contributed by atoms with Crippen molar-refractivity contribution in [2.45, 2.75) is 12.2 Å². The molecule has 0 aliphatic rings. The number of carbonyl (C=O) groups excluding carboxylic acids is 1. The number of nitrogens with zero attached hydrogens (tertiary/aromatic N) is 2. The van der Waals surface area contributed by atoms with Crippen LogP contribution in [0.4, 0.5) is 13.2 Å². The van der Waals surface area contributed by atoms with E-state index >= 15 is 0 Å². The Morgan fingerprint density at radius 3 is 2.67 bits per heavy atom. The molecule has 0 saturated heterocycles. The van der Waals surface area contributed by atoms with Gasteiger partial charge in [0.2, 0.25) is 0 Å². The Bertz CT molecular complexity index is 811. The lowest BCUT2D eigenvalue weighted by Crippen LogP contribution is -2.37. The van der Waals surface area contributed by atoms with Crippen LogP contribution >= 0.6 is 0 Å². The Balaban J connectivity index is 1.85. The van der Waals surface area contributed by atoms with Crippen molar-refractivity contribution in [3.63, 3.8) is 0 Å². The van der Waals surface area contributed by atoms with Crippen molar-refractivity contribution in [1.82, 2.24) is 15.1 Å². The molecule has 24 heavy (non-hydrogen) atoms. The van der Waals surface area contributed by atoms with Crippen LogP contribution in [-0.4, -0.2) is 21.9 Å². The molecule has 0 bridgehead atoms. The molecule has 1 N–H and O–H groups in total. The molecule has 8 heteroatoms. The molecule has 0 saturated carbocycles. The van der Waals surface area contributed by atoms with Crippen LogP contribution in [0.3, 0.4) is 0 Å². The van der Waals surface area contributed by atoms with Gasteiger partial charge in [0.05, 0.1) is 12.0 Å². The second kappa shape index (κ2) is 6.23. The number of carbonyl (C=O) groups is 1. The zero-order valence-corrected chi connectivity index (χ0v) is 12.2. The second-order valence-electron chi connectivity index (χ2n) is 4.96. The zero-order valence-electron chi connectivity index (χ0n) is 12.2. The highest BCUT2D eigenvalue weighted by molar-refractivity contribution is 5.95. The quantitative estimate of drug-likeness (QED) is 0.794. The smallest absolute Gasteiger partial charge is 0.415 e. The maximum absolute atomic E-state index is 13.2. The molecule has 0 radical (unpaired) electrons. The molecular formula is C16H12F3N3O2. The number of hydrogen-bond acceptors (Lipinski definition) is 3. The summed E-state index contributed by atoms with van der Waals surface area (Å²) in [5.41, 5.74) is 0.651. The SMILES string of the molecule is O=C(NC(c1ccco1)C(F)(F)F)c1cccc(-n2cccn2)c1. The van der Waals surface area contributed by atoms with Gasteiger partial charge in [0.25, 0.3) is 5.91 Å². The summed E-state index contributed by atoms with van der Waals surface area (Å²) in [7, 11) is 0. The van der Waals surface area contributed by atoms with Gasteiger partial charge in [-0.25, -0.2) is 4.68 Å². The van der Waals surface area contributed by atoms with Crippen LogP contribution in [0.2, 0.25) is 0 Å². The largest absolute Gasteiger partial charge is 0.467 e. The highest BCUT2D eigenvalue weighted by atomic mass is 19.4. The van der Waals surface area contributed by atoms with Crippen molar-refractivity contribution in [2.75, 3.05) is 0 Å².